The first-order valence-electron chi connectivity index (χ1n) is 9.67. The van der Waals surface area contributed by atoms with Crippen LogP contribution in [0, 0.1) is 39.9 Å². The van der Waals surface area contributed by atoms with E-state index in [0.29, 0.717) is 18.4 Å². The Hall–Kier alpha value is -0.900. The first kappa shape index (κ1) is 15.4. The third-order valence-corrected chi connectivity index (χ3v) is 8.71. The maximum Gasteiger partial charge on any atom is 0.320 e. The van der Waals surface area contributed by atoms with Crippen LogP contribution in [0.5, 0.6) is 0 Å². The number of rotatable bonds is 0. The van der Waals surface area contributed by atoms with Crippen molar-refractivity contribution in [3.05, 3.63) is 0 Å². The van der Waals surface area contributed by atoms with Gasteiger partial charge in [0.1, 0.15) is 11.5 Å². The molecule has 2 saturated heterocycles. The van der Waals surface area contributed by atoms with E-state index < -0.39 is 5.41 Å². The van der Waals surface area contributed by atoms with Gasteiger partial charge in [-0.15, -0.1) is 0 Å². The molecule has 0 N–H and O–H groups in total. The summed E-state index contributed by atoms with van der Waals surface area (Å²) in [5, 5.41) is 0. The number of Topliss-reactive ketones (excluding diaryl/α,β-unsaturated/α-hetero) is 1. The van der Waals surface area contributed by atoms with E-state index in [9.17, 15) is 9.59 Å². The molecule has 24 heavy (non-hydrogen) atoms. The molecule has 0 aromatic heterocycles. The van der Waals surface area contributed by atoms with E-state index in [1.54, 1.807) is 0 Å². The van der Waals surface area contributed by atoms with E-state index in [1.165, 1.54) is 0 Å². The number of fused-ring (bicyclic) bond motifs is 1. The van der Waals surface area contributed by atoms with Gasteiger partial charge in [0, 0.05) is 11.3 Å². The lowest BCUT2D eigenvalue weighted by Crippen LogP contribution is -2.67. The van der Waals surface area contributed by atoms with Crippen LogP contribution < -0.4 is 0 Å². The normalized spacial score (nSPS) is 54.7. The van der Waals surface area contributed by atoms with Crippen molar-refractivity contribution in [3.8, 4) is 0 Å². The van der Waals surface area contributed by atoms with Crippen LogP contribution in [0.4, 0.5) is 0 Å². The van der Waals surface area contributed by atoms with Gasteiger partial charge in [0.05, 0.1) is 13.2 Å². The molecule has 0 aromatic carbocycles. The van der Waals surface area contributed by atoms with Crippen molar-refractivity contribution in [3.63, 3.8) is 0 Å². The molecular formula is C20H28O4. The number of carbonyl (C=O) groups excluding carboxylic acids is 2. The standard InChI is InChI=1S/C20H28O4/c1-11-12-4-5-13-19(8-12,16(11)21)17(22)24-15-6-7-18(2,3)14-9-23-10-20(13,14)15/h11-15H,4-10H2,1-3H3/t11-,12-,13-,14-,15+,19+,20+/m1/s1. The van der Waals surface area contributed by atoms with E-state index in [2.05, 4.69) is 13.8 Å². The number of ketones is 1. The van der Waals surface area contributed by atoms with Crippen LogP contribution in [-0.2, 0) is 19.1 Å². The largest absolute Gasteiger partial charge is 0.461 e. The molecule has 0 aromatic rings. The summed E-state index contributed by atoms with van der Waals surface area (Å²) in [6, 6.07) is 0. The average molecular weight is 332 g/mol. The predicted octanol–water partition coefficient (Wildman–Crippen LogP) is 2.99. The van der Waals surface area contributed by atoms with Gasteiger partial charge in [0.15, 0.2) is 5.78 Å². The quantitative estimate of drug-likeness (QED) is 0.505. The van der Waals surface area contributed by atoms with Crippen LogP contribution >= 0.6 is 0 Å². The Balaban J connectivity index is 1.69. The lowest BCUT2D eigenvalue weighted by atomic mass is 9.44. The fourth-order valence-corrected chi connectivity index (χ4v) is 7.45. The number of esters is 1. The second-order valence-electron chi connectivity index (χ2n) is 9.82. The van der Waals surface area contributed by atoms with Crippen molar-refractivity contribution in [2.24, 2.45) is 39.9 Å². The zero-order chi connectivity index (χ0) is 16.9. The molecule has 3 aliphatic carbocycles. The van der Waals surface area contributed by atoms with Crippen LogP contribution in [0.2, 0.25) is 0 Å². The molecule has 5 aliphatic rings. The molecule has 2 aliphatic heterocycles. The number of ether oxygens (including phenoxy) is 2. The summed E-state index contributed by atoms with van der Waals surface area (Å²) in [5.41, 5.74) is -0.819. The van der Waals surface area contributed by atoms with E-state index in [-0.39, 0.29) is 40.5 Å². The van der Waals surface area contributed by atoms with Gasteiger partial charge in [-0.05, 0) is 55.3 Å². The highest BCUT2D eigenvalue weighted by atomic mass is 16.6. The van der Waals surface area contributed by atoms with Gasteiger partial charge >= 0.3 is 5.97 Å². The monoisotopic (exact) mass is 332 g/mol. The smallest absolute Gasteiger partial charge is 0.320 e. The van der Waals surface area contributed by atoms with Crippen molar-refractivity contribution in [1.82, 2.24) is 0 Å². The van der Waals surface area contributed by atoms with Crippen molar-refractivity contribution >= 4 is 11.8 Å². The zero-order valence-electron chi connectivity index (χ0n) is 15.0. The van der Waals surface area contributed by atoms with Gasteiger partial charge in [-0.3, -0.25) is 9.59 Å². The molecule has 7 atom stereocenters. The van der Waals surface area contributed by atoms with Crippen LogP contribution in [0.1, 0.15) is 52.9 Å². The maximum atomic E-state index is 13.2. The maximum absolute atomic E-state index is 13.2. The van der Waals surface area contributed by atoms with Gasteiger partial charge in [0.2, 0.25) is 0 Å². The van der Waals surface area contributed by atoms with Crippen molar-refractivity contribution in [2.45, 2.75) is 59.0 Å². The number of hydrogen-bond acceptors (Lipinski definition) is 4. The Labute approximate surface area is 143 Å². The van der Waals surface area contributed by atoms with Gasteiger partial charge in [-0.2, -0.15) is 0 Å². The van der Waals surface area contributed by atoms with Crippen LogP contribution in [-0.4, -0.2) is 31.1 Å². The molecule has 2 spiro atoms. The Kier molecular flexibility index (Phi) is 2.84. The molecule has 2 bridgehead atoms. The molecule has 5 rings (SSSR count). The topological polar surface area (TPSA) is 52.6 Å². The summed E-state index contributed by atoms with van der Waals surface area (Å²) < 4.78 is 12.1. The SMILES string of the molecule is C[C@H]1C(=O)[C@]23C[C@H]1CC[C@H]2[C@@]12COC[C@@H]1C(C)(C)CC[C@@H]2OC3=O. The minimum absolute atomic E-state index is 0.00729. The summed E-state index contributed by atoms with van der Waals surface area (Å²) in [4.78, 5) is 26.3. The summed E-state index contributed by atoms with van der Waals surface area (Å²) in [5.74, 6) is 0.852. The molecule has 4 heteroatoms. The Bertz CT molecular complexity index is 625. The van der Waals surface area contributed by atoms with E-state index in [4.69, 9.17) is 9.47 Å². The summed E-state index contributed by atoms with van der Waals surface area (Å²) in [6.07, 6.45) is 4.71. The van der Waals surface area contributed by atoms with Crippen molar-refractivity contribution in [1.29, 1.82) is 0 Å². The molecule has 2 heterocycles. The summed E-state index contributed by atoms with van der Waals surface area (Å²) >= 11 is 0. The highest BCUT2D eigenvalue weighted by molar-refractivity contribution is 6.07. The van der Waals surface area contributed by atoms with Gasteiger partial charge in [0.25, 0.3) is 0 Å². The van der Waals surface area contributed by atoms with Crippen LogP contribution in [0.3, 0.4) is 0 Å². The van der Waals surface area contributed by atoms with Crippen LogP contribution in [0.15, 0.2) is 0 Å². The van der Waals surface area contributed by atoms with E-state index in [0.717, 1.165) is 38.7 Å². The Morgan fingerprint density at radius 3 is 2.67 bits per heavy atom. The molecular weight excluding hydrogens is 304 g/mol. The van der Waals surface area contributed by atoms with Gasteiger partial charge < -0.3 is 9.47 Å². The third-order valence-electron chi connectivity index (χ3n) is 8.71. The second kappa shape index (κ2) is 4.44. The number of carbonyl (C=O) groups is 2. The number of hydrogen-bond donors (Lipinski definition) is 0. The molecule has 0 amide bonds. The lowest BCUT2D eigenvalue weighted by Gasteiger charge is -2.61. The minimum atomic E-state index is -0.863. The van der Waals surface area contributed by atoms with E-state index >= 15 is 0 Å². The Morgan fingerprint density at radius 1 is 1.08 bits per heavy atom. The molecule has 4 nitrogen and oxygen atoms in total. The highest BCUT2D eigenvalue weighted by Gasteiger charge is 2.76. The van der Waals surface area contributed by atoms with Gasteiger partial charge in [-0.25, -0.2) is 0 Å². The minimum Gasteiger partial charge on any atom is -0.461 e. The Morgan fingerprint density at radius 2 is 1.88 bits per heavy atom. The van der Waals surface area contributed by atoms with Crippen LogP contribution in [0.25, 0.3) is 0 Å². The third kappa shape index (κ3) is 1.47. The molecule has 132 valence electrons. The van der Waals surface area contributed by atoms with E-state index in [1.807, 2.05) is 6.92 Å². The highest BCUT2D eigenvalue weighted by Crippen LogP contribution is 2.70. The first-order chi connectivity index (χ1) is 11.3. The predicted molar refractivity (Wildman–Crippen MR) is 87.1 cm³/mol. The molecule has 0 radical (unpaired) electrons. The second-order valence-corrected chi connectivity index (χ2v) is 9.82. The molecule has 5 fully saturated rings. The fraction of sp³-hybridized carbons (Fsp3) is 0.900. The molecule has 3 saturated carbocycles. The van der Waals surface area contributed by atoms with Crippen molar-refractivity contribution < 1.29 is 19.1 Å². The zero-order valence-corrected chi connectivity index (χ0v) is 15.0. The first-order valence-corrected chi connectivity index (χ1v) is 9.67. The fourth-order valence-electron chi connectivity index (χ4n) is 7.45. The lowest BCUT2D eigenvalue weighted by molar-refractivity contribution is -0.231. The van der Waals surface area contributed by atoms with Crippen molar-refractivity contribution in [2.75, 3.05) is 13.2 Å². The summed E-state index contributed by atoms with van der Waals surface area (Å²) in [6.45, 7) is 8.10. The average Bonchev–Trinajstić information content (AvgIpc) is 3.08. The summed E-state index contributed by atoms with van der Waals surface area (Å²) in [7, 11) is 0. The van der Waals surface area contributed by atoms with Gasteiger partial charge in [-0.1, -0.05) is 20.8 Å². The molecule has 0 unspecified atom stereocenters.